The zero-order valence-corrected chi connectivity index (χ0v) is 14.1. The van der Waals surface area contributed by atoms with E-state index in [-0.39, 0.29) is 17.5 Å². The molecule has 1 aliphatic rings. The van der Waals surface area contributed by atoms with Gasteiger partial charge in [-0.3, -0.25) is 19.0 Å². The molecular weight excluding hydrogens is 324 g/mol. The van der Waals surface area contributed by atoms with Crippen LogP contribution in [0.1, 0.15) is 42.6 Å². The molecule has 1 aliphatic carbocycles. The van der Waals surface area contributed by atoms with E-state index < -0.39 is 17.3 Å². The molecule has 0 spiro atoms. The molecule has 1 saturated carbocycles. The average Bonchev–Trinajstić information content (AvgIpc) is 3.25. The monoisotopic (exact) mass is 344 g/mol. The molecule has 8 heteroatoms. The molecule has 25 heavy (non-hydrogen) atoms. The molecule has 1 fully saturated rings. The van der Waals surface area contributed by atoms with E-state index in [1.54, 1.807) is 0 Å². The number of nitrogens with zero attached hydrogens (tertiary/aromatic N) is 3. The highest BCUT2D eigenvalue weighted by Gasteiger charge is 2.29. The molecule has 0 bridgehead atoms. The van der Waals surface area contributed by atoms with E-state index in [4.69, 9.17) is 0 Å². The largest absolute Gasteiger partial charge is 0.492 e. The van der Waals surface area contributed by atoms with Crippen LogP contribution in [0, 0.1) is 5.92 Å². The van der Waals surface area contributed by atoms with Crippen molar-refractivity contribution in [1.29, 1.82) is 0 Å². The van der Waals surface area contributed by atoms with Gasteiger partial charge in [0.05, 0.1) is 6.20 Å². The molecule has 8 nitrogen and oxygen atoms in total. The maximum Gasteiger partial charge on any atom is 0.270 e. The number of carbonyl (C=O) groups excluding carboxylic acids is 2. The van der Waals surface area contributed by atoms with Gasteiger partial charge in [0.1, 0.15) is 11.9 Å². The molecule has 0 saturated heterocycles. The number of fused-ring (bicyclic) bond motifs is 1. The highest BCUT2D eigenvalue weighted by atomic mass is 16.3. The lowest BCUT2D eigenvalue weighted by atomic mass is 10.2. The van der Waals surface area contributed by atoms with Crippen molar-refractivity contribution < 1.29 is 14.7 Å². The maximum absolute atomic E-state index is 12.9. The fraction of sp³-hybridized carbons (Fsp3) is 0.412. The molecule has 0 unspecified atom stereocenters. The van der Waals surface area contributed by atoms with E-state index in [2.05, 4.69) is 10.4 Å². The van der Waals surface area contributed by atoms with Gasteiger partial charge in [-0.2, -0.15) is 9.61 Å². The van der Waals surface area contributed by atoms with Gasteiger partial charge in [-0.05, 0) is 30.9 Å². The summed E-state index contributed by atoms with van der Waals surface area (Å²) in [5.41, 5.74) is -0.0289. The van der Waals surface area contributed by atoms with Crippen molar-refractivity contribution >= 4 is 23.9 Å². The SMILES string of the molecule is CC(C)Cn1c(=O)c(C(=O)NC2CC2)c(O)n2ncc(/C=C/C=O)c12. The molecule has 0 radical (unpaired) electrons. The Balaban J connectivity index is 2.25. The van der Waals surface area contributed by atoms with E-state index in [1.165, 1.54) is 22.9 Å². The van der Waals surface area contributed by atoms with Gasteiger partial charge < -0.3 is 10.4 Å². The number of hydrogen-bond donors (Lipinski definition) is 2. The molecular formula is C17H20N4O4. The van der Waals surface area contributed by atoms with Crippen LogP contribution in [0.5, 0.6) is 5.88 Å². The van der Waals surface area contributed by atoms with Crippen molar-refractivity contribution in [2.45, 2.75) is 39.3 Å². The molecule has 132 valence electrons. The second-order valence-corrected chi connectivity index (χ2v) is 6.59. The lowest BCUT2D eigenvalue weighted by molar-refractivity contribution is -0.104. The summed E-state index contributed by atoms with van der Waals surface area (Å²) in [7, 11) is 0. The minimum atomic E-state index is -0.593. The number of amides is 1. The second-order valence-electron chi connectivity index (χ2n) is 6.59. The van der Waals surface area contributed by atoms with Gasteiger partial charge in [-0.25, -0.2) is 0 Å². The van der Waals surface area contributed by atoms with Crippen molar-refractivity contribution in [1.82, 2.24) is 19.5 Å². The first-order valence-corrected chi connectivity index (χ1v) is 8.20. The van der Waals surface area contributed by atoms with Crippen molar-refractivity contribution in [3.05, 3.63) is 33.8 Å². The van der Waals surface area contributed by atoms with Crippen LogP contribution in [0.3, 0.4) is 0 Å². The summed E-state index contributed by atoms with van der Waals surface area (Å²) in [5, 5.41) is 17.3. The minimum absolute atomic E-state index is 0.0595. The molecule has 3 rings (SSSR count). The van der Waals surface area contributed by atoms with Crippen molar-refractivity contribution in [2.75, 3.05) is 0 Å². The Labute approximate surface area is 143 Å². The molecule has 1 amide bonds. The van der Waals surface area contributed by atoms with E-state index in [9.17, 15) is 19.5 Å². The van der Waals surface area contributed by atoms with Crippen molar-refractivity contribution in [3.8, 4) is 5.88 Å². The molecule has 0 aromatic carbocycles. The van der Waals surface area contributed by atoms with Crippen LogP contribution < -0.4 is 10.9 Å². The third-order valence-electron chi connectivity index (χ3n) is 3.95. The van der Waals surface area contributed by atoms with Gasteiger partial charge >= 0.3 is 0 Å². The first kappa shape index (κ1) is 16.9. The third-order valence-corrected chi connectivity index (χ3v) is 3.95. The predicted molar refractivity (Wildman–Crippen MR) is 91.5 cm³/mol. The zero-order valence-electron chi connectivity index (χ0n) is 14.1. The smallest absolute Gasteiger partial charge is 0.270 e. The Hall–Kier alpha value is -2.90. The summed E-state index contributed by atoms with van der Waals surface area (Å²) in [5.74, 6) is -0.961. The molecule has 2 aromatic rings. The van der Waals surface area contributed by atoms with E-state index in [1.807, 2.05) is 13.8 Å². The number of aromatic nitrogens is 3. The molecule has 2 N–H and O–H groups in total. The molecule has 2 heterocycles. The van der Waals surface area contributed by atoms with Crippen LogP contribution in [0.2, 0.25) is 0 Å². The Bertz CT molecular complexity index is 919. The topological polar surface area (TPSA) is 106 Å². The van der Waals surface area contributed by atoms with Gasteiger partial charge in [0, 0.05) is 18.2 Å². The highest BCUT2D eigenvalue weighted by Crippen LogP contribution is 2.23. The fourth-order valence-electron chi connectivity index (χ4n) is 2.69. The van der Waals surface area contributed by atoms with Gasteiger partial charge in [0.25, 0.3) is 11.5 Å². The van der Waals surface area contributed by atoms with Crippen LogP contribution in [0.4, 0.5) is 0 Å². The Kier molecular flexibility index (Phi) is 4.43. The van der Waals surface area contributed by atoms with E-state index >= 15 is 0 Å². The quantitative estimate of drug-likeness (QED) is 0.600. The highest BCUT2D eigenvalue weighted by molar-refractivity contribution is 5.96. The number of hydrogen-bond acceptors (Lipinski definition) is 5. The summed E-state index contributed by atoms with van der Waals surface area (Å²) in [4.78, 5) is 35.9. The zero-order chi connectivity index (χ0) is 18.1. The predicted octanol–water partition coefficient (Wildman–Crippen LogP) is 0.962. The number of carbonyl (C=O) groups is 2. The van der Waals surface area contributed by atoms with Crippen molar-refractivity contribution in [2.24, 2.45) is 5.92 Å². The minimum Gasteiger partial charge on any atom is -0.492 e. The molecule has 2 aromatic heterocycles. The number of allylic oxidation sites excluding steroid dienone is 1. The number of aromatic hydroxyl groups is 1. The Morgan fingerprint density at radius 3 is 2.80 bits per heavy atom. The average molecular weight is 344 g/mol. The van der Waals surface area contributed by atoms with Gasteiger partial charge in [-0.15, -0.1) is 0 Å². The van der Waals surface area contributed by atoms with Crippen LogP contribution in [0.25, 0.3) is 11.7 Å². The van der Waals surface area contributed by atoms with Gasteiger partial charge in [0.2, 0.25) is 5.88 Å². The van der Waals surface area contributed by atoms with Crippen LogP contribution in [0.15, 0.2) is 17.1 Å². The Morgan fingerprint density at radius 1 is 1.48 bits per heavy atom. The summed E-state index contributed by atoms with van der Waals surface area (Å²) in [6.45, 7) is 4.23. The van der Waals surface area contributed by atoms with Gasteiger partial charge in [-0.1, -0.05) is 13.8 Å². The normalized spacial score (nSPS) is 14.5. The summed E-state index contributed by atoms with van der Waals surface area (Å²) in [6, 6.07) is 0.0595. The van der Waals surface area contributed by atoms with Crippen LogP contribution >= 0.6 is 0 Å². The third kappa shape index (κ3) is 3.19. The molecule has 0 aliphatic heterocycles. The standard InChI is InChI=1S/C17H20N4O4/c1-10(2)9-20-15-11(4-3-7-22)8-18-21(15)17(25)13(16(20)24)14(23)19-12-5-6-12/h3-4,7-8,10,12,25H,5-6,9H2,1-2H3,(H,19,23)/b4-3+. The summed E-state index contributed by atoms with van der Waals surface area (Å²) in [6.07, 6.45) is 6.59. The van der Waals surface area contributed by atoms with Crippen molar-refractivity contribution in [3.63, 3.8) is 0 Å². The van der Waals surface area contributed by atoms with E-state index in [0.29, 0.717) is 24.0 Å². The first-order chi connectivity index (χ1) is 11.9. The van der Waals surface area contributed by atoms with Crippen LogP contribution in [-0.4, -0.2) is 37.5 Å². The summed E-state index contributed by atoms with van der Waals surface area (Å²) < 4.78 is 2.58. The molecule has 0 atom stereocenters. The van der Waals surface area contributed by atoms with Crippen LogP contribution in [-0.2, 0) is 11.3 Å². The lowest BCUT2D eigenvalue weighted by Crippen LogP contribution is -2.36. The summed E-state index contributed by atoms with van der Waals surface area (Å²) >= 11 is 0. The number of nitrogens with one attached hydrogen (secondary N) is 1. The fourth-order valence-corrected chi connectivity index (χ4v) is 2.69. The number of aldehydes is 1. The Morgan fingerprint density at radius 2 is 2.20 bits per heavy atom. The lowest BCUT2D eigenvalue weighted by Gasteiger charge is -2.15. The number of rotatable bonds is 6. The van der Waals surface area contributed by atoms with Gasteiger partial charge in [0.15, 0.2) is 5.56 Å². The second kappa shape index (κ2) is 6.54. The maximum atomic E-state index is 12.9. The first-order valence-electron chi connectivity index (χ1n) is 8.20. The van der Waals surface area contributed by atoms with E-state index in [0.717, 1.165) is 17.4 Å².